The first-order valence-electron chi connectivity index (χ1n) is 16.1. The molecule has 0 bridgehead atoms. The van der Waals surface area contributed by atoms with E-state index >= 15 is 0 Å². The Balaban J connectivity index is 1.24. The molecule has 0 spiro atoms. The number of benzene rings is 7. The third-order valence-corrected chi connectivity index (χ3v) is 10.0. The van der Waals surface area contributed by atoms with E-state index in [1.54, 1.807) is 0 Å². The number of fused-ring (bicyclic) bond motifs is 6. The molecule has 46 heavy (non-hydrogen) atoms. The molecule has 0 unspecified atom stereocenters. The summed E-state index contributed by atoms with van der Waals surface area (Å²) in [6, 6.07) is 60.1. The summed E-state index contributed by atoms with van der Waals surface area (Å²) in [4.78, 5) is 0. The van der Waals surface area contributed by atoms with Gasteiger partial charge in [-0.05, 0) is 98.1 Å². The van der Waals surface area contributed by atoms with Crippen LogP contribution in [0.25, 0.3) is 72.0 Å². The van der Waals surface area contributed by atoms with E-state index in [9.17, 15) is 0 Å². The van der Waals surface area contributed by atoms with Crippen molar-refractivity contribution in [2.45, 2.75) is 19.3 Å². The topological polar surface area (TPSA) is 4.93 Å². The third-order valence-electron chi connectivity index (χ3n) is 10.0. The second kappa shape index (κ2) is 10.2. The molecule has 0 N–H and O–H groups in total. The van der Waals surface area contributed by atoms with Crippen LogP contribution >= 0.6 is 0 Å². The molecular weight excluding hydrogens is 555 g/mol. The van der Waals surface area contributed by atoms with E-state index in [0.717, 1.165) is 0 Å². The Labute approximate surface area is 270 Å². The number of aromatic nitrogens is 1. The van der Waals surface area contributed by atoms with Gasteiger partial charge in [-0.3, -0.25) is 0 Å². The summed E-state index contributed by atoms with van der Waals surface area (Å²) in [5.41, 5.74) is 16.4. The maximum absolute atomic E-state index is 2.46. The Kier molecular flexibility index (Phi) is 5.92. The van der Waals surface area contributed by atoms with Gasteiger partial charge in [0.1, 0.15) is 0 Å². The Morgan fingerprint density at radius 1 is 0.370 bits per heavy atom. The zero-order valence-corrected chi connectivity index (χ0v) is 26.0. The van der Waals surface area contributed by atoms with Gasteiger partial charge in [0.25, 0.3) is 0 Å². The van der Waals surface area contributed by atoms with Gasteiger partial charge in [0.15, 0.2) is 0 Å². The lowest BCUT2D eigenvalue weighted by atomic mass is 9.81. The second-order valence-corrected chi connectivity index (χ2v) is 13.0. The Bertz CT molecular complexity index is 2320. The van der Waals surface area contributed by atoms with Crippen LogP contribution in [-0.4, -0.2) is 4.57 Å². The zero-order valence-electron chi connectivity index (χ0n) is 26.0. The average Bonchev–Trinajstić information content (AvgIpc) is 3.56. The minimum absolute atomic E-state index is 0.120. The van der Waals surface area contributed by atoms with Gasteiger partial charge in [-0.1, -0.05) is 135 Å². The number of rotatable bonds is 4. The van der Waals surface area contributed by atoms with Crippen molar-refractivity contribution in [3.63, 3.8) is 0 Å². The summed E-state index contributed by atoms with van der Waals surface area (Å²) < 4.78 is 2.46. The summed E-state index contributed by atoms with van der Waals surface area (Å²) in [6.45, 7) is 4.75. The molecule has 9 rings (SSSR count). The fourth-order valence-electron chi connectivity index (χ4n) is 7.60. The highest BCUT2D eigenvalue weighted by Crippen LogP contribution is 2.50. The van der Waals surface area contributed by atoms with Gasteiger partial charge < -0.3 is 4.57 Å². The van der Waals surface area contributed by atoms with E-state index in [1.165, 1.54) is 83.1 Å². The van der Waals surface area contributed by atoms with Crippen molar-refractivity contribution in [2.75, 3.05) is 0 Å². The summed E-state index contributed by atoms with van der Waals surface area (Å²) in [7, 11) is 0. The van der Waals surface area contributed by atoms with Crippen LogP contribution in [0, 0.1) is 0 Å². The van der Waals surface area contributed by atoms with Crippen LogP contribution < -0.4 is 0 Å². The van der Waals surface area contributed by atoms with E-state index in [0.29, 0.717) is 0 Å². The van der Waals surface area contributed by atoms with Crippen LogP contribution in [0.15, 0.2) is 164 Å². The predicted octanol–water partition coefficient (Wildman–Crippen LogP) is 12.1. The van der Waals surface area contributed by atoms with Crippen molar-refractivity contribution in [3.05, 3.63) is 175 Å². The first-order chi connectivity index (χ1) is 22.6. The molecule has 1 aliphatic carbocycles. The molecule has 1 aromatic heterocycles. The number of hydrogen-bond donors (Lipinski definition) is 0. The molecule has 1 heteroatoms. The lowest BCUT2D eigenvalue weighted by molar-refractivity contribution is 0.660. The van der Waals surface area contributed by atoms with E-state index in [1.807, 2.05) is 0 Å². The minimum Gasteiger partial charge on any atom is -0.309 e. The van der Waals surface area contributed by atoms with Crippen molar-refractivity contribution in [3.8, 4) is 50.2 Å². The van der Waals surface area contributed by atoms with Crippen molar-refractivity contribution in [2.24, 2.45) is 0 Å². The third kappa shape index (κ3) is 4.09. The first kappa shape index (κ1) is 26.7. The fourth-order valence-corrected chi connectivity index (χ4v) is 7.60. The van der Waals surface area contributed by atoms with Crippen molar-refractivity contribution in [1.29, 1.82) is 0 Å². The van der Waals surface area contributed by atoms with Gasteiger partial charge in [0.2, 0.25) is 0 Å². The minimum atomic E-state index is -0.120. The molecule has 1 aliphatic rings. The summed E-state index contributed by atoms with van der Waals surface area (Å²) in [5, 5.41) is 2.54. The van der Waals surface area contributed by atoms with E-state index < -0.39 is 0 Å². The Hall–Kier alpha value is -5.66. The number of nitrogens with zero attached hydrogens (tertiary/aromatic N) is 1. The van der Waals surface area contributed by atoms with Crippen LogP contribution in [0.3, 0.4) is 0 Å². The van der Waals surface area contributed by atoms with Crippen LogP contribution in [0.1, 0.15) is 25.0 Å². The maximum Gasteiger partial charge on any atom is 0.0541 e. The van der Waals surface area contributed by atoms with Gasteiger partial charge in [-0.2, -0.15) is 0 Å². The molecule has 0 amide bonds. The van der Waals surface area contributed by atoms with E-state index in [4.69, 9.17) is 0 Å². The van der Waals surface area contributed by atoms with Gasteiger partial charge in [-0.15, -0.1) is 0 Å². The molecular formula is C45H33N. The molecule has 1 nitrogen and oxygen atoms in total. The second-order valence-electron chi connectivity index (χ2n) is 13.0. The normalized spacial score (nSPS) is 13.2. The summed E-state index contributed by atoms with van der Waals surface area (Å²) in [5.74, 6) is 0. The van der Waals surface area contributed by atoms with Crippen LogP contribution in [0.2, 0.25) is 0 Å². The van der Waals surface area contributed by atoms with Crippen LogP contribution in [0.5, 0.6) is 0 Å². The molecule has 0 atom stereocenters. The average molecular weight is 588 g/mol. The number of hydrogen-bond acceptors (Lipinski definition) is 0. The molecule has 8 aromatic rings. The summed E-state index contributed by atoms with van der Waals surface area (Å²) >= 11 is 0. The highest BCUT2D eigenvalue weighted by Gasteiger charge is 2.36. The van der Waals surface area contributed by atoms with Gasteiger partial charge >= 0.3 is 0 Å². The molecule has 7 aromatic carbocycles. The van der Waals surface area contributed by atoms with Crippen LogP contribution in [0.4, 0.5) is 0 Å². The van der Waals surface area contributed by atoms with E-state index in [2.05, 4.69) is 182 Å². The van der Waals surface area contributed by atoms with Crippen LogP contribution in [-0.2, 0) is 5.41 Å². The van der Waals surface area contributed by atoms with Crippen molar-refractivity contribution >= 4 is 21.8 Å². The Morgan fingerprint density at radius 3 is 1.28 bits per heavy atom. The van der Waals surface area contributed by atoms with Gasteiger partial charge in [0.05, 0.1) is 11.0 Å². The predicted molar refractivity (Wildman–Crippen MR) is 195 cm³/mol. The zero-order chi connectivity index (χ0) is 30.8. The van der Waals surface area contributed by atoms with Gasteiger partial charge in [-0.25, -0.2) is 0 Å². The van der Waals surface area contributed by atoms with Crippen molar-refractivity contribution < 1.29 is 0 Å². The molecule has 0 fully saturated rings. The monoisotopic (exact) mass is 587 g/mol. The highest BCUT2D eigenvalue weighted by atomic mass is 15.0. The van der Waals surface area contributed by atoms with Crippen molar-refractivity contribution in [1.82, 2.24) is 4.57 Å². The highest BCUT2D eigenvalue weighted by molar-refractivity contribution is 6.11. The maximum atomic E-state index is 2.46. The largest absolute Gasteiger partial charge is 0.309 e. The molecule has 0 saturated carbocycles. The van der Waals surface area contributed by atoms with Gasteiger partial charge in [0, 0.05) is 21.9 Å². The molecule has 0 saturated heterocycles. The Morgan fingerprint density at radius 2 is 0.783 bits per heavy atom. The summed E-state index contributed by atoms with van der Waals surface area (Å²) in [6.07, 6.45) is 0. The standard InChI is InChI=1S/C45H33N/c1-45(2)41-28-35(32-16-10-5-11-17-32)18-22-37(41)38-23-21-36(29-42(38)45)46-43-24-19-33(30-12-6-3-7-13-30)26-39(43)40-27-34(20-25-44(40)46)31-14-8-4-9-15-31/h3-29H,1-2H3. The first-order valence-corrected chi connectivity index (χ1v) is 16.1. The quantitative estimate of drug-likeness (QED) is 0.193. The lowest BCUT2D eigenvalue weighted by Crippen LogP contribution is -2.15. The fraction of sp³-hybridized carbons (Fsp3) is 0.0667. The molecule has 0 radical (unpaired) electrons. The lowest BCUT2D eigenvalue weighted by Gasteiger charge is -2.23. The molecule has 218 valence electrons. The molecule has 1 heterocycles. The SMILES string of the molecule is CC1(C)c2cc(-c3ccccc3)ccc2-c2ccc(-n3c4ccc(-c5ccccc5)cc4c4cc(-c5ccccc5)ccc43)cc21. The van der Waals surface area contributed by atoms with E-state index in [-0.39, 0.29) is 5.41 Å². The smallest absolute Gasteiger partial charge is 0.0541 e. The molecule has 0 aliphatic heterocycles.